The first kappa shape index (κ1) is 24.9. The average Bonchev–Trinajstić information content (AvgIpc) is 2.85. The minimum absolute atomic E-state index is 0.0659. The summed E-state index contributed by atoms with van der Waals surface area (Å²) in [6.45, 7) is 4.88. The Morgan fingerprint density at radius 3 is 2.20 bits per heavy atom. The highest BCUT2D eigenvalue weighted by Gasteiger charge is 2.29. The number of rotatable bonds is 5. The number of hydrogen-bond acceptors (Lipinski definition) is 3. The van der Waals surface area contributed by atoms with Crippen molar-refractivity contribution in [2.24, 2.45) is 11.8 Å². The van der Waals surface area contributed by atoms with Crippen LogP contribution in [0.1, 0.15) is 66.4 Å². The van der Waals surface area contributed by atoms with Crippen molar-refractivity contribution in [3.05, 3.63) is 58.9 Å². The van der Waals surface area contributed by atoms with Gasteiger partial charge in [0.25, 0.3) is 5.91 Å². The highest BCUT2D eigenvalue weighted by molar-refractivity contribution is 5.97. The lowest BCUT2D eigenvalue weighted by Crippen LogP contribution is -2.43. The quantitative estimate of drug-likeness (QED) is 0.598. The third kappa shape index (κ3) is 6.27. The van der Waals surface area contributed by atoms with Gasteiger partial charge in [-0.1, -0.05) is 36.5 Å². The van der Waals surface area contributed by atoms with Crippen molar-refractivity contribution in [1.82, 2.24) is 4.90 Å². The van der Waals surface area contributed by atoms with E-state index in [1.807, 2.05) is 32.0 Å². The lowest BCUT2D eigenvalue weighted by molar-refractivity contribution is -0.121. The third-order valence-corrected chi connectivity index (χ3v) is 7.02. The predicted octanol–water partition coefficient (Wildman–Crippen LogP) is 5.45. The molecule has 1 aliphatic heterocycles. The molecule has 3 amide bonds. The van der Waals surface area contributed by atoms with E-state index in [0.717, 1.165) is 49.7 Å². The lowest BCUT2D eigenvalue weighted by Gasteiger charge is -2.32. The van der Waals surface area contributed by atoms with Crippen molar-refractivity contribution in [3.8, 4) is 0 Å². The molecule has 2 fully saturated rings. The Hall–Kier alpha value is -3.22. The fourth-order valence-electron chi connectivity index (χ4n) is 5.20. The molecular weight excluding hydrogens is 445 g/mol. The van der Waals surface area contributed by atoms with Gasteiger partial charge in [-0.15, -0.1) is 0 Å². The van der Waals surface area contributed by atoms with Crippen LogP contribution < -0.4 is 10.6 Å². The second kappa shape index (κ2) is 11.0. The number of anilines is 2. The Kier molecular flexibility index (Phi) is 7.83. The molecule has 0 aromatic heterocycles. The Balaban J connectivity index is 1.39. The highest BCUT2D eigenvalue weighted by atomic mass is 19.1. The van der Waals surface area contributed by atoms with Crippen LogP contribution in [0.2, 0.25) is 0 Å². The van der Waals surface area contributed by atoms with E-state index in [2.05, 4.69) is 10.6 Å². The van der Waals surface area contributed by atoms with Crippen molar-refractivity contribution in [2.75, 3.05) is 23.7 Å². The summed E-state index contributed by atoms with van der Waals surface area (Å²) in [7, 11) is 0. The molecule has 2 aliphatic rings. The zero-order chi connectivity index (χ0) is 24.9. The first-order valence-electron chi connectivity index (χ1n) is 12.6. The Bertz CT molecular complexity index is 1090. The molecule has 1 saturated carbocycles. The summed E-state index contributed by atoms with van der Waals surface area (Å²) in [4.78, 5) is 40.4. The molecule has 2 N–H and O–H groups in total. The van der Waals surface area contributed by atoms with Crippen LogP contribution in [0, 0.1) is 31.5 Å². The molecule has 0 spiro atoms. The zero-order valence-corrected chi connectivity index (χ0v) is 20.5. The molecule has 1 heterocycles. The van der Waals surface area contributed by atoms with Crippen LogP contribution in [0.5, 0.6) is 0 Å². The maximum atomic E-state index is 14.4. The number of nitrogens with zero attached hydrogens (tertiary/aromatic N) is 1. The second-order valence-corrected chi connectivity index (χ2v) is 9.97. The Labute approximate surface area is 206 Å². The van der Waals surface area contributed by atoms with Crippen molar-refractivity contribution < 1.29 is 18.8 Å². The van der Waals surface area contributed by atoms with Gasteiger partial charge in [-0.3, -0.25) is 14.4 Å². The van der Waals surface area contributed by atoms with Crippen LogP contribution >= 0.6 is 0 Å². The summed E-state index contributed by atoms with van der Waals surface area (Å²) < 4.78 is 14.4. The number of carbonyl (C=O) groups excluding carboxylic acids is 3. The SMILES string of the molecule is Cc1cc(C)cc(C(=O)N2CCCC(C(=O)Nc3ccc(F)c(NC(=O)C4CCCCC4)c3)C2)c1. The largest absolute Gasteiger partial charge is 0.338 e. The smallest absolute Gasteiger partial charge is 0.253 e. The van der Waals surface area contributed by atoms with Gasteiger partial charge in [0.1, 0.15) is 5.82 Å². The molecule has 2 aromatic rings. The summed E-state index contributed by atoms with van der Waals surface area (Å²) >= 11 is 0. The van der Waals surface area contributed by atoms with E-state index in [0.29, 0.717) is 30.8 Å². The van der Waals surface area contributed by atoms with Crippen LogP contribution in [-0.4, -0.2) is 35.7 Å². The molecule has 0 radical (unpaired) electrons. The number of aryl methyl sites for hydroxylation is 2. The number of likely N-dealkylation sites (tertiary alicyclic amines) is 1. The van der Waals surface area contributed by atoms with Gasteiger partial charge in [0.05, 0.1) is 11.6 Å². The van der Waals surface area contributed by atoms with Crippen LogP contribution in [0.15, 0.2) is 36.4 Å². The van der Waals surface area contributed by atoms with Gasteiger partial charge in [-0.05, 0) is 69.9 Å². The lowest BCUT2D eigenvalue weighted by atomic mass is 9.88. The third-order valence-electron chi connectivity index (χ3n) is 7.02. The van der Waals surface area contributed by atoms with Crippen molar-refractivity contribution >= 4 is 29.1 Å². The van der Waals surface area contributed by atoms with E-state index >= 15 is 0 Å². The normalized spacial score (nSPS) is 18.7. The number of nitrogens with one attached hydrogen (secondary N) is 2. The van der Waals surface area contributed by atoms with Gasteiger partial charge in [-0.25, -0.2) is 4.39 Å². The van der Waals surface area contributed by atoms with E-state index < -0.39 is 5.82 Å². The number of piperidine rings is 1. The molecular formula is C28H34FN3O3. The maximum absolute atomic E-state index is 14.4. The summed E-state index contributed by atoms with van der Waals surface area (Å²) in [6, 6.07) is 9.99. The van der Waals surface area contributed by atoms with Crippen LogP contribution in [0.4, 0.5) is 15.8 Å². The van der Waals surface area contributed by atoms with E-state index in [1.54, 1.807) is 4.90 Å². The number of carbonyl (C=O) groups is 3. The summed E-state index contributed by atoms with van der Waals surface area (Å²) in [5.41, 5.74) is 3.20. The number of hydrogen-bond donors (Lipinski definition) is 2. The minimum atomic E-state index is -0.532. The molecule has 4 rings (SSSR count). The molecule has 6 nitrogen and oxygen atoms in total. The van der Waals surface area contributed by atoms with Gasteiger partial charge in [0.15, 0.2) is 0 Å². The first-order valence-corrected chi connectivity index (χ1v) is 12.6. The molecule has 2 aromatic carbocycles. The molecule has 1 atom stereocenters. The fraction of sp³-hybridized carbons (Fsp3) is 0.464. The Morgan fingerprint density at radius 2 is 1.49 bits per heavy atom. The van der Waals surface area contributed by atoms with E-state index in [-0.39, 0.29) is 35.2 Å². The molecule has 186 valence electrons. The molecule has 0 bridgehead atoms. The summed E-state index contributed by atoms with van der Waals surface area (Å²) in [5.74, 6) is -1.42. The van der Waals surface area contributed by atoms with Crippen LogP contribution in [0.3, 0.4) is 0 Å². The van der Waals surface area contributed by atoms with Gasteiger partial charge < -0.3 is 15.5 Å². The highest BCUT2D eigenvalue weighted by Crippen LogP contribution is 2.27. The zero-order valence-electron chi connectivity index (χ0n) is 20.5. The van der Waals surface area contributed by atoms with Crippen molar-refractivity contribution in [1.29, 1.82) is 0 Å². The van der Waals surface area contributed by atoms with Crippen molar-refractivity contribution in [3.63, 3.8) is 0 Å². The van der Waals surface area contributed by atoms with Gasteiger partial charge in [-0.2, -0.15) is 0 Å². The standard InChI is InChI=1S/C28H34FN3O3/c1-18-13-19(2)15-22(14-18)28(35)32-12-6-9-21(17-32)27(34)30-23-10-11-24(29)25(16-23)31-26(33)20-7-4-3-5-8-20/h10-11,13-16,20-21H,3-9,12,17H2,1-2H3,(H,30,34)(H,31,33). The first-order chi connectivity index (χ1) is 16.8. The van der Waals surface area contributed by atoms with Gasteiger partial charge in [0.2, 0.25) is 11.8 Å². The molecule has 1 aliphatic carbocycles. The second-order valence-electron chi connectivity index (χ2n) is 9.97. The number of halogens is 1. The average molecular weight is 480 g/mol. The number of amides is 3. The molecule has 1 unspecified atom stereocenters. The molecule has 35 heavy (non-hydrogen) atoms. The Morgan fingerprint density at radius 1 is 0.829 bits per heavy atom. The van der Waals surface area contributed by atoms with Crippen LogP contribution in [0.25, 0.3) is 0 Å². The molecule has 7 heteroatoms. The van der Waals surface area contributed by atoms with E-state index in [1.165, 1.54) is 18.2 Å². The number of benzene rings is 2. The monoisotopic (exact) mass is 479 g/mol. The topological polar surface area (TPSA) is 78.5 Å². The van der Waals surface area contributed by atoms with Crippen LogP contribution in [-0.2, 0) is 9.59 Å². The van der Waals surface area contributed by atoms with Gasteiger partial charge in [0, 0.05) is 30.3 Å². The fourth-order valence-corrected chi connectivity index (χ4v) is 5.20. The van der Waals surface area contributed by atoms with E-state index in [4.69, 9.17) is 0 Å². The summed E-state index contributed by atoms with van der Waals surface area (Å²) in [5, 5.41) is 5.56. The van der Waals surface area contributed by atoms with Crippen molar-refractivity contribution in [2.45, 2.75) is 58.8 Å². The van der Waals surface area contributed by atoms with E-state index in [9.17, 15) is 18.8 Å². The molecule has 1 saturated heterocycles. The summed E-state index contributed by atoms with van der Waals surface area (Å²) in [6.07, 6.45) is 6.22. The van der Waals surface area contributed by atoms with Gasteiger partial charge >= 0.3 is 0 Å². The maximum Gasteiger partial charge on any atom is 0.253 e. The minimum Gasteiger partial charge on any atom is -0.338 e. The predicted molar refractivity (Wildman–Crippen MR) is 135 cm³/mol.